The van der Waals surface area contributed by atoms with Crippen LogP contribution in [0.3, 0.4) is 0 Å². The molecule has 2 heterocycles. The van der Waals surface area contributed by atoms with Gasteiger partial charge in [0.1, 0.15) is 6.07 Å². The van der Waals surface area contributed by atoms with Gasteiger partial charge in [0.15, 0.2) is 0 Å². The van der Waals surface area contributed by atoms with Gasteiger partial charge in [0.2, 0.25) is 5.95 Å². The molecule has 1 saturated heterocycles. The number of ether oxygens (including phenoxy) is 1. The quantitative estimate of drug-likeness (QED) is 0.628. The molecule has 146 valence electrons. The summed E-state index contributed by atoms with van der Waals surface area (Å²) in [6.07, 6.45) is 2.06. The third kappa shape index (κ3) is 4.35. The van der Waals surface area contributed by atoms with E-state index in [1.807, 2.05) is 18.2 Å². The fourth-order valence-electron chi connectivity index (χ4n) is 3.27. The number of nitrogen functional groups attached to an aromatic ring is 1. The van der Waals surface area contributed by atoms with Crippen molar-refractivity contribution >= 4 is 17.3 Å². The Labute approximate surface area is 169 Å². The molecule has 3 aromatic rings. The number of nitriles is 1. The second-order valence-electron chi connectivity index (χ2n) is 7.05. The molecule has 0 amide bonds. The first kappa shape index (κ1) is 18.9. The van der Waals surface area contributed by atoms with Crippen LogP contribution < -0.4 is 11.1 Å². The molecule has 3 N–H and O–H groups in total. The second-order valence-corrected chi connectivity index (χ2v) is 7.05. The van der Waals surface area contributed by atoms with Gasteiger partial charge in [0, 0.05) is 49.9 Å². The molecule has 1 aromatic heterocycles. The van der Waals surface area contributed by atoms with E-state index >= 15 is 0 Å². The van der Waals surface area contributed by atoms with Gasteiger partial charge in [0.25, 0.3) is 0 Å². The fourth-order valence-corrected chi connectivity index (χ4v) is 3.27. The Morgan fingerprint density at radius 1 is 1.21 bits per heavy atom. The zero-order valence-electron chi connectivity index (χ0n) is 16.2. The van der Waals surface area contributed by atoms with Gasteiger partial charge < -0.3 is 15.8 Å². The third-order valence-electron chi connectivity index (χ3n) is 5.00. The topological polar surface area (TPSA) is 100 Å². The van der Waals surface area contributed by atoms with Crippen molar-refractivity contribution in [2.45, 2.75) is 12.6 Å². The number of likely N-dealkylation sites (tertiary alicyclic amines) is 1. The molecule has 0 spiro atoms. The Hall–Kier alpha value is -3.47. The van der Waals surface area contributed by atoms with E-state index in [-0.39, 0.29) is 0 Å². The molecule has 1 fully saturated rings. The number of nitrogens with two attached hydrogens (primary N) is 1. The average molecular weight is 386 g/mol. The van der Waals surface area contributed by atoms with Crippen LogP contribution in [-0.4, -0.2) is 41.2 Å². The van der Waals surface area contributed by atoms with Crippen molar-refractivity contribution in [1.29, 1.82) is 5.26 Å². The molecule has 2 aromatic carbocycles. The van der Waals surface area contributed by atoms with Crippen molar-refractivity contribution in [3.63, 3.8) is 0 Å². The molecule has 29 heavy (non-hydrogen) atoms. The monoisotopic (exact) mass is 386 g/mol. The number of aromatic nitrogens is 2. The predicted molar refractivity (Wildman–Crippen MR) is 112 cm³/mol. The molecule has 7 nitrogen and oxygen atoms in total. The Kier molecular flexibility index (Phi) is 5.38. The summed E-state index contributed by atoms with van der Waals surface area (Å²) in [4.78, 5) is 11.2. The maximum atomic E-state index is 9.18. The van der Waals surface area contributed by atoms with Crippen molar-refractivity contribution in [2.24, 2.45) is 0 Å². The van der Waals surface area contributed by atoms with Gasteiger partial charge in [-0.3, -0.25) is 4.90 Å². The summed E-state index contributed by atoms with van der Waals surface area (Å²) in [7, 11) is 1.76. The van der Waals surface area contributed by atoms with Crippen LogP contribution in [0.25, 0.3) is 11.3 Å². The highest BCUT2D eigenvalue weighted by molar-refractivity contribution is 5.68. The van der Waals surface area contributed by atoms with Gasteiger partial charge in [-0.2, -0.15) is 5.26 Å². The molecule has 1 aliphatic rings. The van der Waals surface area contributed by atoms with E-state index in [4.69, 9.17) is 10.5 Å². The van der Waals surface area contributed by atoms with Crippen LogP contribution in [0.15, 0.2) is 54.7 Å². The summed E-state index contributed by atoms with van der Waals surface area (Å²) < 4.78 is 5.31. The lowest BCUT2D eigenvalue weighted by atomic mass is 10.1. The molecule has 0 bridgehead atoms. The molecule has 4 rings (SSSR count). The molecule has 0 radical (unpaired) electrons. The van der Waals surface area contributed by atoms with E-state index in [9.17, 15) is 5.26 Å². The number of methoxy groups -OCH3 is 1. The van der Waals surface area contributed by atoms with Crippen LogP contribution in [-0.2, 0) is 11.3 Å². The molecule has 7 heteroatoms. The Morgan fingerprint density at radius 3 is 2.72 bits per heavy atom. The summed E-state index contributed by atoms with van der Waals surface area (Å²) in [5.74, 6) is 0.497. The van der Waals surface area contributed by atoms with Crippen LogP contribution in [0.5, 0.6) is 0 Å². The summed E-state index contributed by atoms with van der Waals surface area (Å²) in [5.41, 5.74) is 10.4. The van der Waals surface area contributed by atoms with Crippen LogP contribution in [0.4, 0.5) is 17.3 Å². The lowest BCUT2D eigenvalue weighted by Gasteiger charge is -2.38. The highest BCUT2D eigenvalue weighted by Crippen LogP contribution is 2.23. The van der Waals surface area contributed by atoms with Crippen LogP contribution >= 0.6 is 0 Å². The zero-order chi connectivity index (χ0) is 20.2. The van der Waals surface area contributed by atoms with Crippen molar-refractivity contribution in [2.75, 3.05) is 31.2 Å². The summed E-state index contributed by atoms with van der Waals surface area (Å²) in [6.45, 7) is 2.88. The zero-order valence-corrected chi connectivity index (χ0v) is 16.2. The number of nitrogens with one attached hydrogen (secondary N) is 1. The maximum Gasteiger partial charge on any atom is 0.227 e. The Morgan fingerprint density at radius 2 is 2.00 bits per heavy atom. The molecule has 0 saturated carbocycles. The van der Waals surface area contributed by atoms with Crippen LogP contribution in [0, 0.1) is 11.3 Å². The number of nitrogens with zero attached hydrogens (tertiary/aromatic N) is 4. The van der Waals surface area contributed by atoms with Crippen molar-refractivity contribution in [3.05, 3.63) is 65.9 Å². The second kappa shape index (κ2) is 8.27. The normalized spacial score (nSPS) is 14.2. The van der Waals surface area contributed by atoms with Gasteiger partial charge in [-0.1, -0.05) is 18.2 Å². The lowest BCUT2D eigenvalue weighted by Crippen LogP contribution is -2.50. The number of hydrogen-bond acceptors (Lipinski definition) is 7. The standard InChI is InChI=1S/C22H22N6O/c1-29-19-13-28(14-19)12-15-2-5-18(6-3-15)26-22-25-9-8-21(27-22)16-4-7-20(24)17(10-16)11-23/h2-10,19H,12-14,24H2,1H3,(H,25,26,27). The number of rotatable bonds is 6. The summed E-state index contributed by atoms with van der Waals surface area (Å²) >= 11 is 0. The Bertz CT molecular complexity index is 1040. The molecular formula is C22H22N6O. The summed E-state index contributed by atoms with van der Waals surface area (Å²) in [5, 5.41) is 12.4. The smallest absolute Gasteiger partial charge is 0.227 e. The first-order valence-electron chi connectivity index (χ1n) is 9.39. The van der Waals surface area contributed by atoms with Crippen LogP contribution in [0.2, 0.25) is 0 Å². The van der Waals surface area contributed by atoms with E-state index in [1.54, 1.807) is 31.5 Å². The van der Waals surface area contributed by atoms with E-state index in [0.29, 0.717) is 23.3 Å². The molecule has 0 atom stereocenters. The number of anilines is 3. The van der Waals surface area contributed by atoms with Crippen LogP contribution in [0.1, 0.15) is 11.1 Å². The van der Waals surface area contributed by atoms with E-state index in [2.05, 4.69) is 38.4 Å². The van der Waals surface area contributed by atoms with E-state index in [1.165, 1.54) is 5.56 Å². The predicted octanol–water partition coefficient (Wildman–Crippen LogP) is 3.17. The minimum Gasteiger partial charge on any atom is -0.398 e. The van der Waals surface area contributed by atoms with E-state index < -0.39 is 0 Å². The van der Waals surface area contributed by atoms with Gasteiger partial charge >= 0.3 is 0 Å². The molecule has 0 unspecified atom stereocenters. The van der Waals surface area contributed by atoms with Gasteiger partial charge in [-0.15, -0.1) is 0 Å². The van der Waals surface area contributed by atoms with Crippen molar-refractivity contribution < 1.29 is 4.74 Å². The van der Waals surface area contributed by atoms with Crippen molar-refractivity contribution in [1.82, 2.24) is 14.9 Å². The number of benzene rings is 2. The van der Waals surface area contributed by atoms with Crippen molar-refractivity contribution in [3.8, 4) is 17.3 Å². The average Bonchev–Trinajstić information content (AvgIpc) is 2.72. The maximum absolute atomic E-state index is 9.18. The third-order valence-corrected chi connectivity index (χ3v) is 5.00. The first-order chi connectivity index (χ1) is 14.1. The Balaban J connectivity index is 1.43. The SMILES string of the molecule is COC1CN(Cc2ccc(Nc3nccc(-c4ccc(N)c(C#N)c4)n3)cc2)C1. The van der Waals surface area contributed by atoms with Gasteiger partial charge in [-0.05, 0) is 35.9 Å². The molecule has 0 aliphatic carbocycles. The first-order valence-corrected chi connectivity index (χ1v) is 9.39. The largest absolute Gasteiger partial charge is 0.398 e. The fraction of sp³-hybridized carbons (Fsp3) is 0.227. The minimum atomic E-state index is 0.366. The molecular weight excluding hydrogens is 364 g/mol. The minimum absolute atomic E-state index is 0.366. The summed E-state index contributed by atoms with van der Waals surface area (Å²) in [6, 6.07) is 17.5. The van der Waals surface area contributed by atoms with E-state index in [0.717, 1.165) is 36.6 Å². The van der Waals surface area contributed by atoms with Gasteiger partial charge in [0.05, 0.1) is 17.4 Å². The number of hydrogen-bond donors (Lipinski definition) is 2. The molecule has 1 aliphatic heterocycles. The highest BCUT2D eigenvalue weighted by atomic mass is 16.5. The van der Waals surface area contributed by atoms with Gasteiger partial charge in [-0.25, -0.2) is 9.97 Å². The lowest BCUT2D eigenvalue weighted by molar-refractivity contribution is -0.0333. The highest BCUT2D eigenvalue weighted by Gasteiger charge is 2.25.